The predicted octanol–water partition coefficient (Wildman–Crippen LogP) is 11.7. The summed E-state index contributed by atoms with van der Waals surface area (Å²) < 4.78 is 0. The fourth-order valence-corrected chi connectivity index (χ4v) is 5.17. The van der Waals surface area contributed by atoms with Crippen molar-refractivity contribution in [2.24, 2.45) is 0 Å². The van der Waals surface area contributed by atoms with Crippen molar-refractivity contribution in [3.8, 4) is 22.3 Å². The molecule has 2 nitrogen and oxygen atoms in total. The van der Waals surface area contributed by atoms with Crippen LogP contribution in [-0.2, 0) is 0 Å². The maximum atomic E-state index is 3.53. The van der Waals surface area contributed by atoms with E-state index in [1.165, 1.54) is 38.6 Å². The molecule has 0 aliphatic carbocycles. The summed E-state index contributed by atoms with van der Waals surface area (Å²) in [6, 6.07) is 61.2. The lowest BCUT2D eigenvalue weighted by molar-refractivity contribution is 1.46. The zero-order valence-corrected chi connectivity index (χ0v) is 24.2. The van der Waals surface area contributed by atoms with Crippen molar-refractivity contribution in [2.45, 2.75) is 6.92 Å². The summed E-state index contributed by atoms with van der Waals surface area (Å²) >= 11 is 0. The topological polar surface area (TPSA) is 24.1 Å². The fourth-order valence-electron chi connectivity index (χ4n) is 5.17. The normalized spacial score (nSPS) is 10.4. The predicted molar refractivity (Wildman–Crippen MR) is 185 cm³/mol. The first-order valence-corrected chi connectivity index (χ1v) is 14.6. The Morgan fingerprint density at radius 2 is 0.814 bits per heavy atom. The highest BCUT2D eigenvalue weighted by Gasteiger charge is 2.10. The van der Waals surface area contributed by atoms with E-state index in [4.69, 9.17) is 0 Å². The van der Waals surface area contributed by atoms with Gasteiger partial charge in [-0.2, -0.15) is 0 Å². The van der Waals surface area contributed by atoms with Crippen LogP contribution in [0.2, 0.25) is 0 Å². The number of benzene rings is 7. The molecule has 0 spiro atoms. The highest BCUT2D eigenvalue weighted by atomic mass is 14.9. The number of hydrogen-bond donors (Lipinski definition) is 2. The Morgan fingerprint density at radius 1 is 0.326 bits per heavy atom. The van der Waals surface area contributed by atoms with Gasteiger partial charge in [-0.15, -0.1) is 0 Å². The molecule has 0 fully saturated rings. The van der Waals surface area contributed by atoms with Crippen molar-refractivity contribution < 1.29 is 0 Å². The first-order valence-electron chi connectivity index (χ1n) is 14.6. The van der Waals surface area contributed by atoms with Crippen LogP contribution in [0, 0.1) is 6.92 Å². The Kier molecular flexibility index (Phi) is 8.57. The molecule has 0 unspecified atom stereocenters. The fraction of sp³-hybridized carbons (Fsp3) is 0.0244. The molecule has 0 aromatic heterocycles. The monoisotopic (exact) mass is 554 g/mol. The molecule has 0 atom stereocenters. The Hall–Kier alpha value is -5.60. The van der Waals surface area contributed by atoms with Gasteiger partial charge in [0.05, 0.1) is 0 Å². The second kappa shape index (κ2) is 13.4. The van der Waals surface area contributed by atoms with Gasteiger partial charge in [0.15, 0.2) is 0 Å². The molecule has 0 amide bonds. The van der Waals surface area contributed by atoms with Crippen molar-refractivity contribution in [2.75, 3.05) is 10.6 Å². The summed E-state index contributed by atoms with van der Waals surface area (Å²) in [7, 11) is 0. The van der Waals surface area contributed by atoms with Crippen LogP contribution < -0.4 is 10.6 Å². The summed E-state index contributed by atoms with van der Waals surface area (Å²) in [6.07, 6.45) is 0. The number of aryl methyl sites for hydroxylation is 1. The maximum absolute atomic E-state index is 3.53. The number of para-hydroxylation sites is 2. The van der Waals surface area contributed by atoms with E-state index in [-0.39, 0.29) is 0 Å². The average molecular weight is 555 g/mol. The highest BCUT2D eigenvalue weighted by molar-refractivity contribution is 5.87. The summed E-state index contributed by atoms with van der Waals surface area (Å²) in [4.78, 5) is 0. The van der Waals surface area contributed by atoms with Crippen molar-refractivity contribution in [3.63, 3.8) is 0 Å². The van der Waals surface area contributed by atoms with Crippen LogP contribution in [0.15, 0.2) is 176 Å². The van der Waals surface area contributed by atoms with E-state index in [1.807, 2.05) is 36.4 Å². The van der Waals surface area contributed by atoms with Gasteiger partial charge in [-0.3, -0.25) is 0 Å². The lowest BCUT2D eigenvalue weighted by Gasteiger charge is -2.15. The molecule has 0 saturated heterocycles. The SMILES string of the molecule is Cc1cccc(-c2cc(Nc3ccccc3)ccc2-c2ccc(Nc3ccccc3)cc2)c1.c1ccc2ccccc2c1. The van der Waals surface area contributed by atoms with Gasteiger partial charge in [0.2, 0.25) is 0 Å². The average Bonchev–Trinajstić information content (AvgIpc) is 3.06. The molecule has 43 heavy (non-hydrogen) atoms. The Bertz CT molecular complexity index is 1840. The molecule has 7 aromatic rings. The zero-order chi connectivity index (χ0) is 29.3. The van der Waals surface area contributed by atoms with Gasteiger partial charge < -0.3 is 10.6 Å². The molecule has 0 aliphatic heterocycles. The molecule has 0 heterocycles. The van der Waals surface area contributed by atoms with Crippen molar-refractivity contribution >= 4 is 33.5 Å². The van der Waals surface area contributed by atoms with Gasteiger partial charge in [0.25, 0.3) is 0 Å². The highest BCUT2D eigenvalue weighted by Crippen LogP contribution is 2.36. The van der Waals surface area contributed by atoms with E-state index < -0.39 is 0 Å². The van der Waals surface area contributed by atoms with Crippen LogP contribution >= 0.6 is 0 Å². The Balaban J connectivity index is 0.000000277. The standard InChI is InChI=1S/C31H26N2.C10H8/c1-23-9-8-10-25(21-23)31-22-29(33-27-13-6-3-7-14-27)19-20-30(31)24-15-17-28(18-16-24)32-26-11-4-2-5-12-26;1-2-6-10-8-4-3-7-9(10)5-1/h2-22,32-33H,1H3;1-8H. The van der Waals surface area contributed by atoms with Crippen LogP contribution in [0.1, 0.15) is 5.56 Å². The molecule has 7 rings (SSSR count). The summed E-state index contributed by atoms with van der Waals surface area (Å²) in [5.41, 5.74) is 10.4. The largest absolute Gasteiger partial charge is 0.356 e. The smallest absolute Gasteiger partial charge is 0.0390 e. The first kappa shape index (κ1) is 27.6. The third-order valence-corrected chi connectivity index (χ3v) is 7.33. The molecule has 0 saturated carbocycles. The molecule has 208 valence electrons. The summed E-state index contributed by atoms with van der Waals surface area (Å²) in [6.45, 7) is 2.14. The third kappa shape index (κ3) is 7.19. The van der Waals surface area contributed by atoms with Crippen LogP contribution in [0.5, 0.6) is 0 Å². The minimum Gasteiger partial charge on any atom is -0.356 e. The molecular weight excluding hydrogens is 520 g/mol. The minimum atomic E-state index is 1.07. The van der Waals surface area contributed by atoms with Crippen LogP contribution in [0.4, 0.5) is 22.7 Å². The number of nitrogens with one attached hydrogen (secondary N) is 2. The lowest BCUT2D eigenvalue weighted by atomic mass is 9.93. The van der Waals surface area contributed by atoms with Gasteiger partial charge in [0.1, 0.15) is 0 Å². The van der Waals surface area contributed by atoms with Crippen molar-refractivity contribution in [1.29, 1.82) is 0 Å². The van der Waals surface area contributed by atoms with Crippen LogP contribution in [0.25, 0.3) is 33.0 Å². The van der Waals surface area contributed by atoms with E-state index in [1.54, 1.807) is 0 Å². The van der Waals surface area contributed by atoms with Gasteiger partial charge in [-0.1, -0.05) is 133 Å². The van der Waals surface area contributed by atoms with Crippen LogP contribution in [-0.4, -0.2) is 0 Å². The molecule has 0 radical (unpaired) electrons. The zero-order valence-electron chi connectivity index (χ0n) is 24.2. The van der Waals surface area contributed by atoms with Gasteiger partial charge >= 0.3 is 0 Å². The van der Waals surface area contributed by atoms with Gasteiger partial charge in [-0.25, -0.2) is 0 Å². The number of rotatable bonds is 6. The van der Waals surface area contributed by atoms with E-state index in [0.717, 1.165) is 22.7 Å². The molecule has 2 heteroatoms. The van der Waals surface area contributed by atoms with E-state index >= 15 is 0 Å². The Labute approximate surface area is 254 Å². The summed E-state index contributed by atoms with van der Waals surface area (Å²) in [5, 5.41) is 9.62. The lowest BCUT2D eigenvalue weighted by Crippen LogP contribution is -1.93. The van der Waals surface area contributed by atoms with E-state index in [2.05, 4.69) is 157 Å². The summed E-state index contributed by atoms with van der Waals surface area (Å²) in [5.74, 6) is 0. The molecule has 7 aromatic carbocycles. The second-order valence-electron chi connectivity index (χ2n) is 10.5. The molecule has 0 aliphatic rings. The molecular formula is C41H34N2. The third-order valence-electron chi connectivity index (χ3n) is 7.33. The van der Waals surface area contributed by atoms with E-state index in [9.17, 15) is 0 Å². The van der Waals surface area contributed by atoms with Gasteiger partial charge in [0, 0.05) is 22.7 Å². The minimum absolute atomic E-state index is 1.07. The second-order valence-corrected chi connectivity index (χ2v) is 10.5. The number of hydrogen-bond acceptors (Lipinski definition) is 2. The van der Waals surface area contributed by atoms with Crippen molar-refractivity contribution in [3.05, 3.63) is 181 Å². The maximum Gasteiger partial charge on any atom is 0.0390 e. The van der Waals surface area contributed by atoms with E-state index in [0.29, 0.717) is 0 Å². The van der Waals surface area contributed by atoms with Crippen molar-refractivity contribution in [1.82, 2.24) is 0 Å². The van der Waals surface area contributed by atoms with Crippen LogP contribution in [0.3, 0.4) is 0 Å². The first-order chi connectivity index (χ1) is 21.2. The molecule has 2 N–H and O–H groups in total. The molecule has 0 bridgehead atoms. The van der Waals surface area contributed by atoms with Gasteiger partial charge in [-0.05, 0) is 88.5 Å². The number of fused-ring (bicyclic) bond motifs is 1. The quantitative estimate of drug-likeness (QED) is 0.214. The Morgan fingerprint density at radius 3 is 1.37 bits per heavy atom. The number of anilines is 4.